The SMILES string of the molecule is CCOc1cc(C=Nn2c(=O)[nH]c3ccccc3c2=O)c(Br)c(Br)c1OCc1cccc([N+](=O)[O-])c1. The fourth-order valence-electron chi connectivity index (χ4n) is 3.39. The van der Waals surface area contributed by atoms with Gasteiger partial charge in [0.05, 0.1) is 33.1 Å². The molecule has 0 saturated heterocycles. The fourth-order valence-corrected chi connectivity index (χ4v) is 4.32. The van der Waals surface area contributed by atoms with Crippen molar-refractivity contribution in [3.8, 4) is 11.5 Å². The summed E-state index contributed by atoms with van der Waals surface area (Å²) in [6.45, 7) is 2.20. The van der Waals surface area contributed by atoms with E-state index in [0.29, 0.717) is 49.1 Å². The normalized spacial score (nSPS) is 11.2. The molecule has 0 fully saturated rings. The molecule has 12 heteroatoms. The number of halogens is 2. The van der Waals surface area contributed by atoms with Crippen LogP contribution in [0, 0.1) is 10.1 Å². The van der Waals surface area contributed by atoms with Gasteiger partial charge in [-0.2, -0.15) is 5.10 Å². The number of H-pyrrole nitrogens is 1. The summed E-state index contributed by atoms with van der Waals surface area (Å²) in [6, 6.07) is 14.4. The van der Waals surface area contributed by atoms with Crippen molar-refractivity contribution < 1.29 is 14.4 Å². The molecule has 0 aliphatic heterocycles. The van der Waals surface area contributed by atoms with Crippen molar-refractivity contribution in [1.29, 1.82) is 0 Å². The van der Waals surface area contributed by atoms with Gasteiger partial charge in [0.25, 0.3) is 11.2 Å². The molecule has 10 nitrogen and oxygen atoms in total. The van der Waals surface area contributed by atoms with Crippen LogP contribution in [-0.2, 0) is 6.61 Å². The summed E-state index contributed by atoms with van der Waals surface area (Å²) in [6.07, 6.45) is 1.35. The number of benzene rings is 3. The minimum absolute atomic E-state index is 0.0353. The standard InChI is InChI=1S/C24H18Br2N4O6/c1-2-35-19-11-15(12-27-29-23(31)17-8-3-4-9-18(17)28-24(29)32)20(25)21(26)22(19)36-13-14-6-5-7-16(10-14)30(33)34/h3-12H,2,13H2,1H3,(H,28,32). The van der Waals surface area contributed by atoms with Gasteiger partial charge in [-0.15, -0.1) is 4.68 Å². The van der Waals surface area contributed by atoms with Crippen molar-refractivity contribution in [3.63, 3.8) is 0 Å². The number of nitrogens with zero attached hydrogens (tertiary/aromatic N) is 3. The summed E-state index contributed by atoms with van der Waals surface area (Å²) in [5.74, 6) is 0.743. The Kier molecular flexibility index (Phi) is 7.65. The first kappa shape index (κ1) is 25.3. The Morgan fingerprint density at radius 3 is 2.61 bits per heavy atom. The van der Waals surface area contributed by atoms with Crippen molar-refractivity contribution in [1.82, 2.24) is 9.66 Å². The molecule has 1 heterocycles. The van der Waals surface area contributed by atoms with E-state index in [1.807, 2.05) is 6.92 Å². The summed E-state index contributed by atoms with van der Waals surface area (Å²) in [7, 11) is 0. The van der Waals surface area contributed by atoms with E-state index >= 15 is 0 Å². The molecule has 0 aliphatic rings. The van der Waals surface area contributed by atoms with E-state index in [-0.39, 0.29) is 12.3 Å². The number of non-ortho nitro benzene ring substituents is 1. The predicted molar refractivity (Wildman–Crippen MR) is 142 cm³/mol. The average Bonchev–Trinajstić information content (AvgIpc) is 2.86. The van der Waals surface area contributed by atoms with Crippen molar-refractivity contribution in [2.75, 3.05) is 6.61 Å². The Labute approximate surface area is 220 Å². The Bertz CT molecular complexity index is 1610. The van der Waals surface area contributed by atoms with E-state index in [4.69, 9.17) is 9.47 Å². The quantitative estimate of drug-likeness (QED) is 0.169. The molecule has 0 bridgehead atoms. The van der Waals surface area contributed by atoms with Gasteiger partial charge in [0, 0.05) is 22.2 Å². The lowest BCUT2D eigenvalue weighted by Gasteiger charge is -2.16. The number of aromatic amines is 1. The molecule has 0 atom stereocenters. The van der Waals surface area contributed by atoms with Crippen molar-refractivity contribution in [2.45, 2.75) is 13.5 Å². The van der Waals surface area contributed by atoms with E-state index < -0.39 is 16.2 Å². The van der Waals surface area contributed by atoms with Gasteiger partial charge in [-0.1, -0.05) is 24.3 Å². The molecule has 184 valence electrons. The van der Waals surface area contributed by atoms with E-state index in [1.165, 1.54) is 18.3 Å². The van der Waals surface area contributed by atoms with Gasteiger partial charge < -0.3 is 14.5 Å². The van der Waals surface area contributed by atoms with Gasteiger partial charge in [-0.05, 0) is 62.5 Å². The predicted octanol–water partition coefficient (Wildman–Crippen LogP) is 4.98. The molecule has 0 amide bonds. The van der Waals surface area contributed by atoms with Crippen molar-refractivity contribution in [2.24, 2.45) is 5.10 Å². The Morgan fingerprint density at radius 2 is 1.86 bits per heavy atom. The maximum Gasteiger partial charge on any atom is 0.349 e. The Balaban J connectivity index is 1.69. The molecule has 3 aromatic carbocycles. The van der Waals surface area contributed by atoms with Gasteiger partial charge in [0.15, 0.2) is 11.5 Å². The third-order valence-corrected chi connectivity index (χ3v) is 7.20. The van der Waals surface area contributed by atoms with Crippen LogP contribution in [0.5, 0.6) is 11.5 Å². The third kappa shape index (κ3) is 5.24. The highest BCUT2D eigenvalue weighted by atomic mass is 79.9. The highest BCUT2D eigenvalue weighted by molar-refractivity contribution is 9.13. The smallest absolute Gasteiger partial charge is 0.349 e. The number of fused-ring (bicyclic) bond motifs is 1. The molecule has 1 aromatic heterocycles. The number of para-hydroxylation sites is 1. The molecule has 0 saturated carbocycles. The first-order valence-electron chi connectivity index (χ1n) is 10.6. The third-order valence-electron chi connectivity index (χ3n) is 5.06. The Hall–Kier alpha value is -3.77. The molecular weight excluding hydrogens is 600 g/mol. The van der Waals surface area contributed by atoms with Gasteiger partial charge in [0.2, 0.25) is 0 Å². The van der Waals surface area contributed by atoms with Crippen LogP contribution in [0.4, 0.5) is 5.69 Å². The van der Waals surface area contributed by atoms with Crippen LogP contribution < -0.4 is 20.7 Å². The number of rotatable bonds is 8. The second-order valence-corrected chi connectivity index (χ2v) is 8.99. The number of aromatic nitrogens is 2. The van der Waals surface area contributed by atoms with Crippen LogP contribution in [0.15, 0.2) is 78.2 Å². The second-order valence-electron chi connectivity index (χ2n) is 7.41. The van der Waals surface area contributed by atoms with Crippen LogP contribution in [0.1, 0.15) is 18.1 Å². The summed E-state index contributed by atoms with van der Waals surface area (Å²) in [5.41, 5.74) is 0.274. The summed E-state index contributed by atoms with van der Waals surface area (Å²) in [5, 5.41) is 15.5. The van der Waals surface area contributed by atoms with Crippen LogP contribution in [-0.4, -0.2) is 27.4 Å². The van der Waals surface area contributed by atoms with E-state index in [2.05, 4.69) is 41.9 Å². The highest BCUT2D eigenvalue weighted by Crippen LogP contribution is 2.43. The first-order chi connectivity index (χ1) is 17.3. The molecule has 0 radical (unpaired) electrons. The maximum absolute atomic E-state index is 12.8. The first-order valence-corrected chi connectivity index (χ1v) is 12.2. The van der Waals surface area contributed by atoms with Crippen molar-refractivity contribution in [3.05, 3.63) is 106 Å². The van der Waals surface area contributed by atoms with E-state index in [1.54, 1.807) is 42.5 Å². The largest absolute Gasteiger partial charge is 0.490 e. The van der Waals surface area contributed by atoms with E-state index in [0.717, 1.165) is 4.68 Å². The number of nitro groups is 1. The molecule has 4 aromatic rings. The van der Waals surface area contributed by atoms with E-state index in [9.17, 15) is 19.7 Å². The minimum atomic E-state index is -0.674. The summed E-state index contributed by atoms with van der Waals surface area (Å²) < 4.78 is 13.5. The number of nitro benzene ring substituents is 1. The van der Waals surface area contributed by atoms with Crippen LogP contribution in [0.2, 0.25) is 0 Å². The lowest BCUT2D eigenvalue weighted by atomic mass is 10.2. The summed E-state index contributed by atoms with van der Waals surface area (Å²) >= 11 is 6.98. The van der Waals surface area contributed by atoms with Crippen LogP contribution in [0.25, 0.3) is 10.9 Å². The zero-order valence-electron chi connectivity index (χ0n) is 18.7. The minimum Gasteiger partial charge on any atom is -0.490 e. The van der Waals surface area contributed by atoms with Crippen LogP contribution in [0.3, 0.4) is 0 Å². The van der Waals surface area contributed by atoms with Gasteiger partial charge in [0.1, 0.15) is 6.61 Å². The van der Waals surface area contributed by atoms with Gasteiger partial charge >= 0.3 is 5.69 Å². The molecule has 36 heavy (non-hydrogen) atoms. The van der Waals surface area contributed by atoms with Gasteiger partial charge in [-0.3, -0.25) is 14.9 Å². The lowest BCUT2D eigenvalue weighted by molar-refractivity contribution is -0.384. The zero-order valence-corrected chi connectivity index (χ0v) is 21.9. The molecule has 0 unspecified atom stereocenters. The second kappa shape index (κ2) is 10.9. The number of hydrogen-bond acceptors (Lipinski definition) is 7. The maximum atomic E-state index is 12.8. The molecular formula is C24H18Br2N4O6. The Morgan fingerprint density at radius 1 is 1.08 bits per heavy atom. The lowest BCUT2D eigenvalue weighted by Crippen LogP contribution is -2.32. The number of ether oxygens (including phenoxy) is 2. The van der Waals surface area contributed by atoms with Crippen molar-refractivity contribution >= 4 is 54.7 Å². The molecule has 0 spiro atoms. The molecule has 1 N–H and O–H groups in total. The monoisotopic (exact) mass is 616 g/mol. The fraction of sp³-hybridized carbons (Fsp3) is 0.125. The zero-order chi connectivity index (χ0) is 25.8. The number of hydrogen-bond donors (Lipinski definition) is 1. The average molecular weight is 618 g/mol. The van der Waals surface area contributed by atoms with Crippen LogP contribution >= 0.6 is 31.9 Å². The summed E-state index contributed by atoms with van der Waals surface area (Å²) in [4.78, 5) is 38.4. The topological polar surface area (TPSA) is 129 Å². The van der Waals surface area contributed by atoms with Gasteiger partial charge in [-0.25, -0.2) is 4.79 Å². The molecule has 4 rings (SSSR count). The molecule has 0 aliphatic carbocycles. The highest BCUT2D eigenvalue weighted by Gasteiger charge is 2.18. The number of nitrogens with one attached hydrogen (secondary N) is 1.